The van der Waals surface area contributed by atoms with Gasteiger partial charge in [-0.3, -0.25) is 9.59 Å². The molecule has 6 heteroatoms. The Morgan fingerprint density at radius 3 is 1.08 bits per heavy atom. The maximum Gasteiger partial charge on any atom is 0.305 e. The number of ether oxygens (including phenoxy) is 1. The van der Waals surface area contributed by atoms with E-state index in [1.807, 2.05) is 6.08 Å². The number of carbonyl (C=O) groups excluding carboxylic acids is 2. The number of nitrogens with one attached hydrogen (secondary N) is 1. The van der Waals surface area contributed by atoms with Crippen LogP contribution in [0.5, 0.6) is 0 Å². The summed E-state index contributed by atoms with van der Waals surface area (Å²) in [7, 11) is 0. The van der Waals surface area contributed by atoms with E-state index < -0.39 is 12.1 Å². The first kappa shape index (κ1) is 70.8. The molecule has 0 aliphatic heterocycles. The Hall–Kier alpha value is -2.18. The Labute approximate surface area is 455 Å². The molecule has 0 aromatic heterocycles. The first-order valence-corrected chi connectivity index (χ1v) is 32.4. The van der Waals surface area contributed by atoms with E-state index in [2.05, 4.69) is 55.6 Å². The van der Waals surface area contributed by atoms with Crippen molar-refractivity contribution in [2.75, 3.05) is 13.2 Å². The third-order valence-corrected chi connectivity index (χ3v) is 14.8. The summed E-state index contributed by atoms with van der Waals surface area (Å²) in [4.78, 5) is 24.5. The van der Waals surface area contributed by atoms with Gasteiger partial charge >= 0.3 is 5.97 Å². The first-order valence-electron chi connectivity index (χ1n) is 32.4. The Morgan fingerprint density at radius 2 is 0.685 bits per heavy atom. The molecule has 0 aromatic carbocycles. The maximum atomic E-state index is 12.5. The van der Waals surface area contributed by atoms with Crippen LogP contribution < -0.4 is 5.32 Å². The monoisotopic (exact) mass is 1020 g/mol. The molecule has 0 spiro atoms. The molecule has 0 aliphatic carbocycles. The summed E-state index contributed by atoms with van der Waals surface area (Å²) in [6.07, 6.45) is 80.2. The molecule has 73 heavy (non-hydrogen) atoms. The molecule has 0 saturated heterocycles. The van der Waals surface area contributed by atoms with Crippen LogP contribution in [-0.4, -0.2) is 47.4 Å². The van der Waals surface area contributed by atoms with Crippen molar-refractivity contribution >= 4 is 11.9 Å². The molecule has 0 bridgehead atoms. The predicted molar refractivity (Wildman–Crippen MR) is 319 cm³/mol. The standard InChI is InChI=1S/C67H125NO5/c1-3-5-7-9-11-13-15-17-33-36-39-43-47-51-55-59-65(70)64(63-69)68-66(71)60-56-52-48-44-40-37-34-31-29-27-25-23-21-19-18-20-22-24-26-28-30-32-35-38-42-46-50-54-58-62-73-67(72)61-57-53-49-45-41-16-14-12-10-8-6-4-2/h12,14,18,20,24,26,55,59,64-65,69-70H,3-11,13,15-17,19,21-23,25,27-54,56-58,60-63H2,1-2H3,(H,68,71)/b14-12-,20-18-,26-24-,59-55+. The van der Waals surface area contributed by atoms with Crippen molar-refractivity contribution in [2.24, 2.45) is 0 Å². The van der Waals surface area contributed by atoms with Crippen molar-refractivity contribution in [3.05, 3.63) is 48.6 Å². The van der Waals surface area contributed by atoms with E-state index in [0.717, 1.165) is 51.4 Å². The van der Waals surface area contributed by atoms with Crippen LogP contribution in [-0.2, 0) is 14.3 Å². The number of hydrogen-bond acceptors (Lipinski definition) is 5. The van der Waals surface area contributed by atoms with Crippen molar-refractivity contribution in [1.29, 1.82) is 0 Å². The largest absolute Gasteiger partial charge is 0.466 e. The molecule has 2 unspecified atom stereocenters. The molecule has 0 rings (SSSR count). The lowest BCUT2D eigenvalue weighted by Gasteiger charge is -2.20. The summed E-state index contributed by atoms with van der Waals surface area (Å²) in [5.74, 6) is -0.0667. The second-order valence-electron chi connectivity index (χ2n) is 22.1. The van der Waals surface area contributed by atoms with Gasteiger partial charge in [0, 0.05) is 12.8 Å². The van der Waals surface area contributed by atoms with Gasteiger partial charge in [0.2, 0.25) is 5.91 Å². The van der Waals surface area contributed by atoms with Crippen LogP contribution in [0.3, 0.4) is 0 Å². The Kier molecular flexibility index (Phi) is 60.5. The number of hydrogen-bond donors (Lipinski definition) is 3. The number of unbranched alkanes of at least 4 members (excludes halogenated alkanes) is 43. The lowest BCUT2D eigenvalue weighted by molar-refractivity contribution is -0.143. The SMILES string of the molecule is CCCCC/C=C\CCCCCCCC(=O)OCCCCCCCCCCC/C=C\C/C=C\CCCCCCCCCCCCCCCC(=O)NC(CO)C(O)/C=C/CCCCCCCCCCCCCCC. The fourth-order valence-corrected chi connectivity index (χ4v) is 9.84. The summed E-state index contributed by atoms with van der Waals surface area (Å²) >= 11 is 0. The molecule has 0 heterocycles. The van der Waals surface area contributed by atoms with Crippen molar-refractivity contribution < 1.29 is 24.5 Å². The number of aliphatic hydroxyl groups excluding tert-OH is 2. The lowest BCUT2D eigenvalue weighted by atomic mass is 10.0. The van der Waals surface area contributed by atoms with Gasteiger partial charge in [-0.1, -0.05) is 287 Å². The van der Waals surface area contributed by atoms with Crippen molar-refractivity contribution in [3.8, 4) is 0 Å². The number of aliphatic hydroxyl groups is 2. The van der Waals surface area contributed by atoms with Crippen LogP contribution in [0.15, 0.2) is 48.6 Å². The molecule has 0 saturated carbocycles. The molecule has 428 valence electrons. The van der Waals surface area contributed by atoms with Crippen molar-refractivity contribution in [2.45, 2.75) is 353 Å². The molecule has 1 amide bonds. The van der Waals surface area contributed by atoms with Crippen LogP contribution in [0, 0.1) is 0 Å². The molecule has 3 N–H and O–H groups in total. The highest BCUT2D eigenvalue weighted by Crippen LogP contribution is 2.17. The summed E-state index contributed by atoms with van der Waals surface area (Å²) in [6, 6.07) is -0.629. The molecule has 0 aromatic rings. The summed E-state index contributed by atoms with van der Waals surface area (Å²) in [5.41, 5.74) is 0. The van der Waals surface area contributed by atoms with Crippen molar-refractivity contribution in [3.63, 3.8) is 0 Å². The molecule has 0 radical (unpaired) electrons. The average Bonchev–Trinajstić information content (AvgIpc) is 3.39. The van der Waals surface area contributed by atoms with E-state index >= 15 is 0 Å². The number of carbonyl (C=O) groups is 2. The van der Waals surface area contributed by atoms with Crippen LogP contribution >= 0.6 is 0 Å². The number of esters is 1. The van der Waals surface area contributed by atoms with E-state index in [4.69, 9.17) is 4.74 Å². The second kappa shape index (κ2) is 62.4. The van der Waals surface area contributed by atoms with Gasteiger partial charge in [-0.2, -0.15) is 0 Å². The minimum Gasteiger partial charge on any atom is -0.466 e. The van der Waals surface area contributed by atoms with E-state index in [0.29, 0.717) is 19.4 Å². The molecule has 0 fully saturated rings. The minimum absolute atomic E-state index is 0.00127. The van der Waals surface area contributed by atoms with Gasteiger partial charge in [0.1, 0.15) is 0 Å². The Morgan fingerprint density at radius 1 is 0.384 bits per heavy atom. The number of allylic oxidation sites excluding steroid dienone is 7. The van der Waals surface area contributed by atoms with E-state index in [9.17, 15) is 19.8 Å². The van der Waals surface area contributed by atoms with Gasteiger partial charge in [-0.15, -0.1) is 0 Å². The first-order chi connectivity index (χ1) is 36.0. The zero-order valence-electron chi connectivity index (χ0n) is 48.9. The molecular formula is C67H125NO5. The molecule has 6 nitrogen and oxygen atoms in total. The van der Waals surface area contributed by atoms with E-state index in [1.54, 1.807) is 6.08 Å². The smallest absolute Gasteiger partial charge is 0.305 e. The minimum atomic E-state index is -0.845. The number of rotatable bonds is 60. The number of amides is 1. The highest BCUT2D eigenvalue weighted by molar-refractivity contribution is 5.76. The van der Waals surface area contributed by atoms with Crippen molar-refractivity contribution in [1.82, 2.24) is 5.32 Å². The van der Waals surface area contributed by atoms with Gasteiger partial charge in [0.15, 0.2) is 0 Å². The van der Waals surface area contributed by atoms with Gasteiger partial charge in [0.25, 0.3) is 0 Å². The van der Waals surface area contributed by atoms with Gasteiger partial charge in [0.05, 0.1) is 25.4 Å². The fraction of sp³-hybridized carbons (Fsp3) is 0.851. The highest BCUT2D eigenvalue weighted by Gasteiger charge is 2.18. The third kappa shape index (κ3) is 58.9. The normalized spacial score (nSPS) is 12.9. The summed E-state index contributed by atoms with van der Waals surface area (Å²) in [5, 5.41) is 23.1. The Balaban J connectivity index is 3.43. The zero-order chi connectivity index (χ0) is 52.9. The Bertz CT molecular complexity index is 1230. The van der Waals surface area contributed by atoms with Crippen LogP contribution in [0.1, 0.15) is 341 Å². The lowest BCUT2D eigenvalue weighted by Crippen LogP contribution is -2.45. The highest BCUT2D eigenvalue weighted by atomic mass is 16.5. The average molecular weight is 1020 g/mol. The maximum absolute atomic E-state index is 12.5. The van der Waals surface area contributed by atoms with E-state index in [1.165, 1.54) is 263 Å². The fourth-order valence-electron chi connectivity index (χ4n) is 9.84. The zero-order valence-corrected chi connectivity index (χ0v) is 48.9. The summed E-state index contributed by atoms with van der Waals surface area (Å²) in [6.45, 7) is 4.88. The predicted octanol–water partition coefficient (Wildman–Crippen LogP) is 20.5. The second-order valence-corrected chi connectivity index (χ2v) is 22.1. The van der Waals surface area contributed by atoms with Crippen LogP contribution in [0.2, 0.25) is 0 Å². The molecule has 2 atom stereocenters. The van der Waals surface area contributed by atoms with E-state index in [-0.39, 0.29) is 18.5 Å². The van der Waals surface area contributed by atoms with Crippen LogP contribution in [0.4, 0.5) is 0 Å². The van der Waals surface area contributed by atoms with Gasteiger partial charge in [-0.25, -0.2) is 0 Å². The molecular weight excluding hydrogens is 899 g/mol. The van der Waals surface area contributed by atoms with Gasteiger partial charge in [-0.05, 0) is 89.9 Å². The third-order valence-electron chi connectivity index (χ3n) is 14.8. The topological polar surface area (TPSA) is 95.9 Å². The van der Waals surface area contributed by atoms with Gasteiger partial charge < -0.3 is 20.3 Å². The quantitative estimate of drug-likeness (QED) is 0.0320. The van der Waals surface area contributed by atoms with Crippen LogP contribution in [0.25, 0.3) is 0 Å². The summed E-state index contributed by atoms with van der Waals surface area (Å²) < 4.78 is 5.46. The molecule has 0 aliphatic rings.